The molecule has 0 aliphatic heterocycles. The number of carbonyl (C=O) groups is 2. The number of nitrogens with zero attached hydrogens (tertiary/aromatic N) is 1. The van der Waals surface area contributed by atoms with E-state index in [1.54, 1.807) is 0 Å². The Balaban J connectivity index is 1.56. The molecule has 4 aromatic rings. The summed E-state index contributed by atoms with van der Waals surface area (Å²) in [5.74, 6) is -0.292. The summed E-state index contributed by atoms with van der Waals surface area (Å²) in [6.07, 6.45) is 0. The number of carbonyl (C=O) groups excluding carboxylic acids is 2. The van der Waals surface area contributed by atoms with Gasteiger partial charge in [0, 0.05) is 17.9 Å². The number of rotatable bonds is 8. The molecule has 0 radical (unpaired) electrons. The molecule has 4 aromatic carbocycles. The number of fused-ring (bicyclic) bond motifs is 1. The number of anilines is 2. The first-order valence-corrected chi connectivity index (χ1v) is 12.2. The molecule has 0 saturated carbocycles. The molecule has 0 aliphatic carbocycles. The molecule has 0 spiro atoms. The van der Waals surface area contributed by atoms with E-state index in [0.717, 1.165) is 50.0 Å². The van der Waals surface area contributed by atoms with E-state index in [-0.39, 0.29) is 24.9 Å². The van der Waals surface area contributed by atoms with Gasteiger partial charge in [0.2, 0.25) is 11.8 Å². The van der Waals surface area contributed by atoms with Crippen molar-refractivity contribution in [3.05, 3.63) is 107 Å². The Bertz CT molecular complexity index is 1300. The zero-order valence-electron chi connectivity index (χ0n) is 21.4. The molecule has 0 heterocycles. The van der Waals surface area contributed by atoms with Crippen molar-refractivity contribution in [2.75, 3.05) is 23.7 Å². The van der Waals surface area contributed by atoms with Crippen LogP contribution in [-0.2, 0) is 16.1 Å². The number of benzene rings is 4. The van der Waals surface area contributed by atoms with Crippen LogP contribution in [0.15, 0.2) is 78.9 Å². The maximum atomic E-state index is 13.1. The monoisotopic (exact) mass is 479 g/mol. The standard InChI is InChI=1S/C31H33N3O2/c1-21-10-7-11-22(2)30(21)32-28(35)19-34(18-26-16-9-15-25-14-5-6-17-27(25)26)20-29(36)33-31-23(3)12-8-13-24(31)4/h5-17H,18-20H2,1-4H3,(H,32,35)(H,33,36). The van der Waals surface area contributed by atoms with Crippen LogP contribution in [0.3, 0.4) is 0 Å². The van der Waals surface area contributed by atoms with Crippen LogP contribution >= 0.6 is 0 Å². The smallest absolute Gasteiger partial charge is 0.238 e. The molecular weight excluding hydrogens is 446 g/mol. The Kier molecular flexibility index (Phi) is 7.81. The van der Waals surface area contributed by atoms with Crippen molar-refractivity contribution in [1.82, 2.24) is 4.90 Å². The highest BCUT2D eigenvalue weighted by atomic mass is 16.2. The first-order valence-electron chi connectivity index (χ1n) is 12.2. The van der Waals surface area contributed by atoms with Crippen molar-refractivity contribution in [3.8, 4) is 0 Å². The van der Waals surface area contributed by atoms with Gasteiger partial charge in [0.05, 0.1) is 13.1 Å². The second kappa shape index (κ2) is 11.2. The van der Waals surface area contributed by atoms with Crippen molar-refractivity contribution >= 4 is 34.0 Å². The minimum absolute atomic E-state index is 0.0944. The molecule has 0 unspecified atom stereocenters. The summed E-state index contributed by atoms with van der Waals surface area (Å²) in [5.41, 5.74) is 6.77. The van der Waals surface area contributed by atoms with Crippen LogP contribution in [0.4, 0.5) is 11.4 Å². The van der Waals surface area contributed by atoms with Crippen molar-refractivity contribution < 1.29 is 9.59 Å². The Morgan fingerprint density at radius 2 is 1.06 bits per heavy atom. The van der Waals surface area contributed by atoms with Crippen molar-refractivity contribution in [2.45, 2.75) is 34.2 Å². The summed E-state index contributed by atoms with van der Waals surface area (Å²) in [5, 5.41) is 8.38. The highest BCUT2D eigenvalue weighted by molar-refractivity contribution is 5.96. The van der Waals surface area contributed by atoms with Gasteiger partial charge in [-0.25, -0.2) is 0 Å². The van der Waals surface area contributed by atoms with Gasteiger partial charge < -0.3 is 10.6 Å². The van der Waals surface area contributed by atoms with E-state index in [9.17, 15) is 9.59 Å². The average molecular weight is 480 g/mol. The van der Waals surface area contributed by atoms with Gasteiger partial charge in [-0.1, -0.05) is 78.9 Å². The first kappa shape index (κ1) is 25.1. The van der Waals surface area contributed by atoms with E-state index in [2.05, 4.69) is 34.9 Å². The molecule has 184 valence electrons. The predicted octanol–water partition coefficient (Wildman–Crippen LogP) is 6.15. The molecule has 0 fully saturated rings. The molecule has 0 aliphatic rings. The number of nitrogens with one attached hydrogen (secondary N) is 2. The Morgan fingerprint density at radius 3 is 1.58 bits per heavy atom. The van der Waals surface area contributed by atoms with Crippen LogP contribution in [-0.4, -0.2) is 29.8 Å². The first-order chi connectivity index (χ1) is 17.3. The van der Waals surface area contributed by atoms with Crippen LogP contribution in [0.2, 0.25) is 0 Å². The molecule has 36 heavy (non-hydrogen) atoms. The lowest BCUT2D eigenvalue weighted by Gasteiger charge is -2.23. The normalized spacial score (nSPS) is 11.0. The van der Waals surface area contributed by atoms with Gasteiger partial charge in [0.25, 0.3) is 0 Å². The van der Waals surface area contributed by atoms with E-state index in [1.807, 2.05) is 87.2 Å². The second-order valence-electron chi connectivity index (χ2n) is 9.41. The van der Waals surface area contributed by atoms with Gasteiger partial charge in [0.1, 0.15) is 0 Å². The third-order valence-corrected chi connectivity index (χ3v) is 6.50. The van der Waals surface area contributed by atoms with Gasteiger partial charge >= 0.3 is 0 Å². The van der Waals surface area contributed by atoms with E-state index < -0.39 is 0 Å². The van der Waals surface area contributed by atoms with Crippen molar-refractivity contribution in [3.63, 3.8) is 0 Å². The predicted molar refractivity (Wildman–Crippen MR) is 148 cm³/mol. The SMILES string of the molecule is Cc1cccc(C)c1NC(=O)CN(CC(=O)Nc1c(C)cccc1C)Cc1cccc2ccccc12. The van der Waals surface area contributed by atoms with E-state index >= 15 is 0 Å². The van der Waals surface area contributed by atoms with Crippen LogP contribution in [0.1, 0.15) is 27.8 Å². The number of hydrogen-bond donors (Lipinski definition) is 2. The Hall–Kier alpha value is -3.96. The van der Waals surface area contributed by atoms with Crippen LogP contribution in [0.5, 0.6) is 0 Å². The summed E-state index contributed by atoms with van der Waals surface area (Å²) in [6.45, 7) is 8.59. The fourth-order valence-corrected chi connectivity index (χ4v) is 4.63. The molecule has 2 amide bonds. The highest BCUT2D eigenvalue weighted by Crippen LogP contribution is 2.23. The average Bonchev–Trinajstić information content (AvgIpc) is 2.84. The number of para-hydroxylation sites is 2. The van der Waals surface area contributed by atoms with Gasteiger partial charge in [-0.15, -0.1) is 0 Å². The third kappa shape index (κ3) is 5.99. The fourth-order valence-electron chi connectivity index (χ4n) is 4.63. The van der Waals surface area contributed by atoms with Crippen LogP contribution in [0, 0.1) is 27.7 Å². The molecule has 5 nitrogen and oxygen atoms in total. The molecule has 5 heteroatoms. The Labute approximate surface area is 213 Å². The van der Waals surface area contributed by atoms with Gasteiger partial charge in [-0.2, -0.15) is 0 Å². The minimum atomic E-state index is -0.146. The molecule has 2 N–H and O–H groups in total. The topological polar surface area (TPSA) is 61.4 Å². The number of hydrogen-bond acceptors (Lipinski definition) is 3. The molecule has 0 bridgehead atoms. The molecule has 0 saturated heterocycles. The van der Waals surface area contributed by atoms with Crippen molar-refractivity contribution in [1.29, 1.82) is 0 Å². The maximum Gasteiger partial charge on any atom is 0.238 e. The zero-order valence-corrected chi connectivity index (χ0v) is 21.4. The van der Waals surface area contributed by atoms with Crippen molar-refractivity contribution in [2.24, 2.45) is 0 Å². The zero-order chi connectivity index (χ0) is 25.7. The minimum Gasteiger partial charge on any atom is -0.324 e. The second-order valence-corrected chi connectivity index (χ2v) is 9.41. The van der Waals surface area contributed by atoms with Gasteiger partial charge in [-0.05, 0) is 66.3 Å². The Morgan fingerprint density at radius 1 is 0.611 bits per heavy atom. The third-order valence-electron chi connectivity index (χ3n) is 6.50. The summed E-state index contributed by atoms with van der Waals surface area (Å²) < 4.78 is 0. The fraction of sp³-hybridized carbons (Fsp3) is 0.226. The largest absolute Gasteiger partial charge is 0.324 e. The number of aryl methyl sites for hydroxylation is 4. The molecule has 4 rings (SSSR count). The lowest BCUT2D eigenvalue weighted by molar-refractivity contribution is -0.120. The summed E-state index contributed by atoms with van der Waals surface area (Å²) >= 11 is 0. The maximum absolute atomic E-state index is 13.1. The summed E-state index contributed by atoms with van der Waals surface area (Å²) in [6, 6.07) is 26.2. The molecule has 0 aromatic heterocycles. The summed E-state index contributed by atoms with van der Waals surface area (Å²) in [4.78, 5) is 28.2. The van der Waals surface area contributed by atoms with Gasteiger partial charge in [0.15, 0.2) is 0 Å². The quantitative estimate of drug-likeness (QED) is 0.318. The van der Waals surface area contributed by atoms with E-state index in [1.165, 1.54) is 0 Å². The summed E-state index contributed by atoms with van der Waals surface area (Å²) in [7, 11) is 0. The number of amides is 2. The molecule has 0 atom stereocenters. The van der Waals surface area contributed by atoms with Crippen LogP contribution in [0.25, 0.3) is 10.8 Å². The lowest BCUT2D eigenvalue weighted by Crippen LogP contribution is -2.38. The van der Waals surface area contributed by atoms with E-state index in [0.29, 0.717) is 6.54 Å². The van der Waals surface area contributed by atoms with E-state index in [4.69, 9.17) is 0 Å². The highest BCUT2D eigenvalue weighted by Gasteiger charge is 2.18. The lowest BCUT2D eigenvalue weighted by atomic mass is 10.0. The van der Waals surface area contributed by atoms with Gasteiger partial charge in [-0.3, -0.25) is 14.5 Å². The molecular formula is C31H33N3O2. The van der Waals surface area contributed by atoms with Crippen LogP contribution < -0.4 is 10.6 Å².